The molecule has 2 aliphatic rings. The van der Waals surface area contributed by atoms with Gasteiger partial charge in [0.15, 0.2) is 0 Å². The molecule has 0 radical (unpaired) electrons. The number of rotatable bonds is 2. The Bertz CT molecular complexity index is 1010. The highest BCUT2D eigenvalue weighted by molar-refractivity contribution is 7.82. The van der Waals surface area contributed by atoms with Gasteiger partial charge in [0.25, 0.3) is 5.91 Å². The molecule has 0 atom stereocenters. The average Bonchev–Trinajstić information content (AvgIpc) is 2.87. The van der Waals surface area contributed by atoms with Crippen LogP contribution in [-0.4, -0.2) is 27.2 Å². The third-order valence-corrected chi connectivity index (χ3v) is 6.99. The van der Waals surface area contributed by atoms with Gasteiger partial charge in [-0.05, 0) is 60.9 Å². The van der Waals surface area contributed by atoms with Gasteiger partial charge < -0.3 is 0 Å². The van der Waals surface area contributed by atoms with Crippen molar-refractivity contribution in [3.8, 4) is 0 Å². The van der Waals surface area contributed by atoms with E-state index in [9.17, 15) is 4.79 Å². The predicted octanol–water partition coefficient (Wildman–Crippen LogP) is 6.96. The Morgan fingerprint density at radius 1 is 0.968 bits per heavy atom. The van der Waals surface area contributed by atoms with Gasteiger partial charge in [-0.15, -0.1) is 0 Å². The van der Waals surface area contributed by atoms with Crippen LogP contribution in [0.3, 0.4) is 0 Å². The summed E-state index contributed by atoms with van der Waals surface area (Å²) in [6.07, 6.45) is 6.12. The summed E-state index contributed by atoms with van der Waals surface area (Å²) in [4.78, 5) is 21.1. The van der Waals surface area contributed by atoms with E-state index in [2.05, 4.69) is 45.0 Å². The maximum Gasteiger partial charge on any atom is 0.260 e. The molecule has 162 valence electrons. The number of halogens is 1. The van der Waals surface area contributed by atoms with E-state index in [1.807, 2.05) is 0 Å². The maximum atomic E-state index is 13.6. The molecule has 0 unspecified atom stereocenters. The molecule has 0 aromatic heterocycles. The van der Waals surface area contributed by atoms with E-state index in [-0.39, 0.29) is 11.3 Å². The molecule has 1 amide bonds. The van der Waals surface area contributed by atoms with Crippen molar-refractivity contribution in [2.24, 2.45) is 4.99 Å². The lowest BCUT2D eigenvalue weighted by Gasteiger charge is -2.35. The number of hydrogen-bond donors (Lipinski definition) is 0. The van der Waals surface area contributed by atoms with Gasteiger partial charge >= 0.3 is 0 Å². The van der Waals surface area contributed by atoms with Gasteiger partial charge in [0.2, 0.25) is 0 Å². The van der Waals surface area contributed by atoms with Crippen LogP contribution in [0.5, 0.6) is 0 Å². The molecule has 2 aromatic carbocycles. The highest BCUT2D eigenvalue weighted by Gasteiger charge is 2.48. The number of amides is 1. The molecule has 1 heterocycles. The van der Waals surface area contributed by atoms with Crippen molar-refractivity contribution in [3.63, 3.8) is 0 Å². The van der Waals surface area contributed by atoms with Crippen molar-refractivity contribution in [1.29, 1.82) is 0 Å². The zero-order valence-corrected chi connectivity index (χ0v) is 20.0. The van der Waals surface area contributed by atoms with Crippen LogP contribution in [0, 0.1) is 0 Å². The highest BCUT2D eigenvalue weighted by Crippen LogP contribution is 2.40. The zero-order chi connectivity index (χ0) is 22.2. The monoisotopic (exact) mass is 452 g/mol. The molecular weight excluding hydrogens is 424 g/mol. The Morgan fingerprint density at radius 3 is 2.10 bits per heavy atom. The lowest BCUT2D eigenvalue weighted by Crippen LogP contribution is -2.49. The van der Waals surface area contributed by atoms with Crippen molar-refractivity contribution in [2.45, 2.75) is 70.4 Å². The molecule has 2 aromatic rings. The molecule has 0 bridgehead atoms. The minimum Gasteiger partial charge on any atom is -0.271 e. The smallest absolute Gasteiger partial charge is 0.260 e. The van der Waals surface area contributed by atoms with Crippen molar-refractivity contribution in [2.75, 3.05) is 0 Å². The molecule has 1 spiro atoms. The van der Waals surface area contributed by atoms with Crippen LogP contribution in [-0.2, 0) is 5.41 Å². The highest BCUT2D eigenvalue weighted by atomic mass is 35.5. The fourth-order valence-electron chi connectivity index (χ4n) is 4.55. The summed E-state index contributed by atoms with van der Waals surface area (Å²) < 4.78 is 0. The van der Waals surface area contributed by atoms with E-state index in [1.165, 1.54) is 18.4 Å². The third-order valence-electron chi connectivity index (χ3n) is 6.36. The number of aliphatic imine (C=N–C) groups is 1. The molecule has 4 rings (SSSR count). The third kappa shape index (κ3) is 4.33. The van der Waals surface area contributed by atoms with Crippen LogP contribution < -0.4 is 0 Å². The number of carbonyl (C=O) groups is 1. The van der Waals surface area contributed by atoms with Crippen molar-refractivity contribution < 1.29 is 4.79 Å². The van der Waals surface area contributed by atoms with E-state index >= 15 is 0 Å². The van der Waals surface area contributed by atoms with Crippen LogP contribution in [0.4, 0.5) is 0 Å². The molecule has 31 heavy (non-hydrogen) atoms. The first-order valence-corrected chi connectivity index (χ1v) is 11.9. The van der Waals surface area contributed by atoms with E-state index in [0.29, 0.717) is 15.6 Å². The molecule has 3 nitrogen and oxygen atoms in total. The van der Waals surface area contributed by atoms with E-state index < -0.39 is 5.66 Å². The van der Waals surface area contributed by atoms with Gasteiger partial charge in [0.05, 0.1) is 0 Å². The minimum atomic E-state index is -0.581. The van der Waals surface area contributed by atoms with Crippen LogP contribution in [0.25, 0.3) is 0 Å². The van der Waals surface area contributed by atoms with E-state index in [1.54, 1.807) is 29.2 Å². The molecule has 0 saturated heterocycles. The second kappa shape index (κ2) is 8.48. The number of hydrogen-bond acceptors (Lipinski definition) is 3. The number of nitrogens with zero attached hydrogens (tertiary/aromatic N) is 2. The van der Waals surface area contributed by atoms with E-state index in [0.717, 1.165) is 37.0 Å². The summed E-state index contributed by atoms with van der Waals surface area (Å²) in [5.74, 6) is -0.0892. The fourth-order valence-corrected chi connectivity index (χ4v) is 5.09. The van der Waals surface area contributed by atoms with Gasteiger partial charge in [-0.2, -0.15) is 0 Å². The lowest BCUT2D eigenvalue weighted by molar-refractivity contribution is 0.0692. The zero-order valence-electron chi connectivity index (χ0n) is 18.5. The Kier molecular flexibility index (Phi) is 6.06. The number of carbonyl (C=O) groups excluding carboxylic acids is 1. The molecule has 1 aliphatic heterocycles. The largest absolute Gasteiger partial charge is 0.271 e. The fraction of sp³-hybridized carbons (Fsp3) is 0.423. The first kappa shape index (κ1) is 22.2. The quantitative estimate of drug-likeness (QED) is 0.461. The Balaban J connectivity index is 1.74. The van der Waals surface area contributed by atoms with Gasteiger partial charge in [0, 0.05) is 16.1 Å². The summed E-state index contributed by atoms with van der Waals surface area (Å²) in [5.41, 5.74) is 3.10. The average molecular weight is 453 g/mol. The summed E-state index contributed by atoms with van der Waals surface area (Å²) in [6.45, 7) is 6.60. The van der Waals surface area contributed by atoms with Gasteiger partial charge in [0.1, 0.15) is 16.4 Å². The standard InChI is InChI=1S/C26H29ClN2OS/c1-25(2,3)20-12-8-18(9-13-20)22-24(31)29(23(30)19-10-14-21(27)15-11-19)26(28-22)16-6-4-5-7-17-26/h8-15H,4-7,16-17H2,1-3H3. The molecule has 1 fully saturated rings. The maximum absolute atomic E-state index is 13.6. The van der Waals surface area contributed by atoms with Crippen LogP contribution >= 0.6 is 23.8 Å². The van der Waals surface area contributed by atoms with Crippen molar-refractivity contribution in [3.05, 3.63) is 70.2 Å². The van der Waals surface area contributed by atoms with Gasteiger partial charge in [-0.25, -0.2) is 0 Å². The minimum absolute atomic E-state index is 0.0790. The van der Waals surface area contributed by atoms with Crippen LogP contribution in [0.15, 0.2) is 53.5 Å². The first-order chi connectivity index (χ1) is 14.7. The summed E-state index contributed by atoms with van der Waals surface area (Å²) in [5, 5.41) is 0.612. The Labute approximate surface area is 195 Å². The second-order valence-corrected chi connectivity index (χ2v) is 10.5. The Hall–Kier alpha value is -2.04. The lowest BCUT2D eigenvalue weighted by atomic mass is 9.86. The molecule has 1 saturated carbocycles. The molecule has 5 heteroatoms. The summed E-state index contributed by atoms with van der Waals surface area (Å²) in [6, 6.07) is 15.5. The number of benzene rings is 2. The molecular formula is C26H29ClN2OS. The topological polar surface area (TPSA) is 32.7 Å². The summed E-state index contributed by atoms with van der Waals surface area (Å²) in [7, 11) is 0. The number of thiocarbonyl (C=S) groups is 1. The van der Waals surface area contributed by atoms with Crippen LogP contribution in [0.1, 0.15) is 80.8 Å². The van der Waals surface area contributed by atoms with Crippen molar-refractivity contribution >= 4 is 40.4 Å². The Morgan fingerprint density at radius 2 is 1.55 bits per heavy atom. The van der Waals surface area contributed by atoms with Crippen molar-refractivity contribution in [1.82, 2.24) is 4.90 Å². The van der Waals surface area contributed by atoms with Gasteiger partial charge in [-0.3, -0.25) is 14.7 Å². The normalized spacial score (nSPS) is 18.8. The summed E-state index contributed by atoms with van der Waals surface area (Å²) >= 11 is 11.9. The van der Waals surface area contributed by atoms with E-state index in [4.69, 9.17) is 28.8 Å². The van der Waals surface area contributed by atoms with Crippen LogP contribution in [0.2, 0.25) is 5.02 Å². The SMILES string of the molecule is CC(C)(C)c1ccc(C2=NC3(CCCCCC3)N(C(=O)c3ccc(Cl)cc3)C2=S)cc1. The first-order valence-electron chi connectivity index (χ1n) is 11.1. The second-order valence-electron chi connectivity index (χ2n) is 9.64. The van der Waals surface area contributed by atoms with Gasteiger partial charge in [-0.1, -0.05) is 81.7 Å². The predicted molar refractivity (Wildman–Crippen MR) is 132 cm³/mol. The molecule has 0 N–H and O–H groups in total. The molecule has 1 aliphatic carbocycles.